The third kappa shape index (κ3) is 3.58. The number of hydrogen-bond donors (Lipinski definition) is 2. The fraction of sp³-hybridized carbons (Fsp3) is 0.850. The summed E-state index contributed by atoms with van der Waals surface area (Å²) in [6.07, 6.45) is 10.6. The molecule has 7 nitrogen and oxygen atoms in total. The molecular formula is C20H34N6O. The lowest BCUT2D eigenvalue weighted by Crippen LogP contribution is -2.65. The van der Waals surface area contributed by atoms with Gasteiger partial charge < -0.3 is 15.0 Å². The molecule has 1 aromatic heterocycles. The number of H-pyrrole nitrogens is 1. The molecule has 1 saturated heterocycles. The SMILES string of the molecule is CCN=C(NC1CC(OCC)C12CCCC2)N1CCC(c2ncn[nH]2)CC1. The van der Waals surface area contributed by atoms with Gasteiger partial charge in [-0.25, -0.2) is 4.98 Å². The molecule has 0 amide bonds. The minimum absolute atomic E-state index is 0.336. The second-order valence-corrected chi connectivity index (χ2v) is 8.25. The Kier molecular flexibility index (Phi) is 5.66. The molecule has 1 spiro atoms. The Morgan fingerprint density at radius 3 is 2.74 bits per heavy atom. The summed E-state index contributed by atoms with van der Waals surface area (Å²) in [6.45, 7) is 7.92. The van der Waals surface area contributed by atoms with Gasteiger partial charge in [-0.05, 0) is 46.0 Å². The van der Waals surface area contributed by atoms with Gasteiger partial charge in [0.1, 0.15) is 12.2 Å². The first-order valence-electron chi connectivity index (χ1n) is 10.8. The maximum absolute atomic E-state index is 6.08. The molecule has 1 aromatic rings. The van der Waals surface area contributed by atoms with Crippen molar-refractivity contribution in [3.8, 4) is 0 Å². The van der Waals surface area contributed by atoms with E-state index in [9.17, 15) is 0 Å². The molecule has 3 fully saturated rings. The van der Waals surface area contributed by atoms with Crippen molar-refractivity contribution < 1.29 is 4.74 Å². The van der Waals surface area contributed by atoms with Crippen molar-refractivity contribution in [2.24, 2.45) is 10.4 Å². The van der Waals surface area contributed by atoms with E-state index in [2.05, 4.69) is 39.2 Å². The zero-order valence-corrected chi connectivity index (χ0v) is 16.8. The normalized spacial score (nSPS) is 28.5. The van der Waals surface area contributed by atoms with E-state index in [1.165, 1.54) is 25.7 Å². The largest absolute Gasteiger partial charge is 0.378 e. The van der Waals surface area contributed by atoms with Crippen LogP contribution in [-0.4, -0.2) is 64.4 Å². The third-order valence-electron chi connectivity index (χ3n) is 6.91. The topological polar surface area (TPSA) is 78.4 Å². The van der Waals surface area contributed by atoms with Crippen LogP contribution in [0.5, 0.6) is 0 Å². The summed E-state index contributed by atoms with van der Waals surface area (Å²) in [7, 11) is 0. The summed E-state index contributed by atoms with van der Waals surface area (Å²) < 4.78 is 6.08. The average Bonchev–Trinajstić information content (AvgIpc) is 3.39. The van der Waals surface area contributed by atoms with Gasteiger partial charge in [0.2, 0.25) is 0 Å². The average molecular weight is 375 g/mol. The van der Waals surface area contributed by atoms with Crippen LogP contribution in [0.2, 0.25) is 0 Å². The summed E-state index contributed by atoms with van der Waals surface area (Å²) in [5.41, 5.74) is 0.336. The van der Waals surface area contributed by atoms with Crippen LogP contribution < -0.4 is 5.32 Å². The molecule has 2 N–H and O–H groups in total. The van der Waals surface area contributed by atoms with Gasteiger partial charge in [-0.2, -0.15) is 5.10 Å². The standard InChI is InChI=1S/C20H34N6O/c1-3-21-19(26-11-7-15(8-12-26)18-22-14-23-25-18)24-16-13-17(27-4-2)20(16)9-5-6-10-20/h14-17H,3-13H2,1-2H3,(H,21,24)(H,22,23,25). The van der Waals surface area contributed by atoms with Crippen molar-refractivity contribution in [2.75, 3.05) is 26.2 Å². The molecule has 3 aliphatic rings. The smallest absolute Gasteiger partial charge is 0.194 e. The second kappa shape index (κ2) is 8.17. The summed E-state index contributed by atoms with van der Waals surface area (Å²) in [5, 5.41) is 10.9. The van der Waals surface area contributed by atoms with Gasteiger partial charge in [-0.15, -0.1) is 0 Å². The Morgan fingerprint density at radius 1 is 1.33 bits per heavy atom. The lowest BCUT2D eigenvalue weighted by atomic mass is 9.60. The molecule has 4 rings (SSSR count). The van der Waals surface area contributed by atoms with Gasteiger partial charge in [-0.3, -0.25) is 10.1 Å². The van der Waals surface area contributed by atoms with E-state index in [-0.39, 0.29) is 0 Å². The van der Waals surface area contributed by atoms with Crippen LogP contribution in [0.4, 0.5) is 0 Å². The highest BCUT2D eigenvalue weighted by atomic mass is 16.5. The molecule has 0 aromatic carbocycles. The Morgan fingerprint density at radius 2 is 2.11 bits per heavy atom. The molecule has 2 atom stereocenters. The zero-order valence-electron chi connectivity index (χ0n) is 16.8. The summed E-state index contributed by atoms with van der Waals surface area (Å²) in [4.78, 5) is 11.6. The molecule has 150 valence electrons. The quantitative estimate of drug-likeness (QED) is 0.612. The van der Waals surface area contributed by atoms with Crippen molar-refractivity contribution in [3.05, 3.63) is 12.2 Å². The number of aromatic nitrogens is 3. The monoisotopic (exact) mass is 374 g/mol. The molecule has 2 aliphatic carbocycles. The first-order chi connectivity index (χ1) is 13.3. The van der Waals surface area contributed by atoms with Gasteiger partial charge in [0.25, 0.3) is 0 Å². The van der Waals surface area contributed by atoms with E-state index in [4.69, 9.17) is 9.73 Å². The number of hydrogen-bond acceptors (Lipinski definition) is 4. The van der Waals surface area contributed by atoms with Gasteiger partial charge in [-0.1, -0.05) is 12.8 Å². The van der Waals surface area contributed by atoms with Crippen LogP contribution in [0.15, 0.2) is 11.3 Å². The number of aliphatic imine (C=N–C) groups is 1. The Labute approximate surface area is 162 Å². The lowest BCUT2D eigenvalue weighted by molar-refractivity contribution is -0.126. The van der Waals surface area contributed by atoms with Crippen LogP contribution in [-0.2, 0) is 4.74 Å². The number of ether oxygens (including phenoxy) is 1. The van der Waals surface area contributed by atoms with E-state index in [1.54, 1.807) is 6.33 Å². The summed E-state index contributed by atoms with van der Waals surface area (Å²) in [5.74, 6) is 2.61. The molecule has 0 bridgehead atoms. The highest BCUT2D eigenvalue weighted by Crippen LogP contribution is 2.54. The highest BCUT2D eigenvalue weighted by molar-refractivity contribution is 5.80. The van der Waals surface area contributed by atoms with E-state index in [0.717, 1.165) is 57.3 Å². The van der Waals surface area contributed by atoms with Gasteiger partial charge in [0.05, 0.1) is 6.10 Å². The van der Waals surface area contributed by atoms with Crippen LogP contribution in [0.3, 0.4) is 0 Å². The first-order valence-corrected chi connectivity index (χ1v) is 10.8. The van der Waals surface area contributed by atoms with Crippen LogP contribution in [0.25, 0.3) is 0 Å². The molecule has 0 radical (unpaired) electrons. The van der Waals surface area contributed by atoms with Gasteiger partial charge in [0, 0.05) is 43.6 Å². The number of nitrogens with one attached hydrogen (secondary N) is 2. The first kappa shape index (κ1) is 18.7. The Balaban J connectivity index is 1.38. The zero-order chi connectivity index (χ0) is 18.7. The van der Waals surface area contributed by atoms with E-state index < -0.39 is 0 Å². The van der Waals surface area contributed by atoms with Crippen LogP contribution in [0.1, 0.15) is 70.5 Å². The van der Waals surface area contributed by atoms with Gasteiger partial charge in [0.15, 0.2) is 5.96 Å². The van der Waals surface area contributed by atoms with Crippen molar-refractivity contribution in [1.29, 1.82) is 0 Å². The molecule has 2 saturated carbocycles. The number of piperidine rings is 1. The van der Waals surface area contributed by atoms with Crippen molar-refractivity contribution >= 4 is 5.96 Å². The fourth-order valence-corrected chi connectivity index (χ4v) is 5.41. The lowest BCUT2D eigenvalue weighted by Gasteiger charge is -2.55. The van der Waals surface area contributed by atoms with Crippen molar-refractivity contribution in [1.82, 2.24) is 25.4 Å². The van der Waals surface area contributed by atoms with E-state index >= 15 is 0 Å². The number of likely N-dealkylation sites (tertiary alicyclic amines) is 1. The second-order valence-electron chi connectivity index (χ2n) is 8.25. The van der Waals surface area contributed by atoms with E-state index in [0.29, 0.717) is 23.5 Å². The minimum Gasteiger partial charge on any atom is -0.378 e. The predicted octanol–water partition coefficient (Wildman–Crippen LogP) is 2.69. The summed E-state index contributed by atoms with van der Waals surface area (Å²) >= 11 is 0. The maximum atomic E-state index is 6.08. The summed E-state index contributed by atoms with van der Waals surface area (Å²) in [6, 6.07) is 0.508. The molecular weight excluding hydrogens is 340 g/mol. The molecule has 2 unspecified atom stereocenters. The Bertz CT molecular complexity index is 616. The minimum atomic E-state index is 0.336. The molecule has 1 aliphatic heterocycles. The van der Waals surface area contributed by atoms with Gasteiger partial charge >= 0.3 is 0 Å². The van der Waals surface area contributed by atoms with Crippen molar-refractivity contribution in [2.45, 2.75) is 76.9 Å². The Hall–Kier alpha value is -1.63. The van der Waals surface area contributed by atoms with E-state index in [1.807, 2.05) is 0 Å². The van der Waals surface area contributed by atoms with Crippen molar-refractivity contribution in [3.63, 3.8) is 0 Å². The number of rotatable bonds is 5. The van der Waals surface area contributed by atoms with Crippen LogP contribution in [0, 0.1) is 5.41 Å². The van der Waals surface area contributed by atoms with Crippen LogP contribution >= 0.6 is 0 Å². The maximum Gasteiger partial charge on any atom is 0.194 e. The third-order valence-corrected chi connectivity index (χ3v) is 6.91. The molecule has 2 heterocycles. The number of guanidine groups is 1. The number of nitrogens with zero attached hydrogens (tertiary/aromatic N) is 4. The fourth-order valence-electron chi connectivity index (χ4n) is 5.41. The highest BCUT2D eigenvalue weighted by Gasteiger charge is 2.57. The predicted molar refractivity (Wildman–Crippen MR) is 106 cm³/mol. The number of aromatic amines is 1. The molecule has 7 heteroatoms. The molecule has 27 heavy (non-hydrogen) atoms.